The third-order valence-corrected chi connectivity index (χ3v) is 6.00. The number of likely N-dealkylation sites (N-methyl/N-ethyl adjacent to an activating group) is 1. The van der Waals surface area contributed by atoms with E-state index in [4.69, 9.17) is 5.10 Å². The van der Waals surface area contributed by atoms with Crippen molar-refractivity contribution in [2.45, 2.75) is 73.1 Å². The summed E-state index contributed by atoms with van der Waals surface area (Å²) >= 11 is 0. The van der Waals surface area contributed by atoms with E-state index in [-0.39, 0.29) is 11.7 Å². The maximum absolute atomic E-state index is 14.0. The molecule has 220 valence electrons. The van der Waals surface area contributed by atoms with Crippen LogP contribution in [0.15, 0.2) is 94.9 Å². The summed E-state index contributed by atoms with van der Waals surface area (Å²) in [7, 11) is 3.88. The molecule has 1 rings (SSSR count). The van der Waals surface area contributed by atoms with E-state index in [0.717, 1.165) is 44.5 Å². The van der Waals surface area contributed by atoms with Crippen LogP contribution in [0.3, 0.4) is 0 Å². The number of hydrogen-bond donors (Lipinski definition) is 0. The third kappa shape index (κ3) is 14.1. The van der Waals surface area contributed by atoms with Gasteiger partial charge in [-0.25, -0.2) is 14.1 Å². The maximum atomic E-state index is 14.0. The fraction of sp³-hybridized carbons (Fsp3) is 0.441. The van der Waals surface area contributed by atoms with Gasteiger partial charge in [0.05, 0.1) is 11.4 Å². The van der Waals surface area contributed by atoms with Gasteiger partial charge in [-0.05, 0) is 88.6 Å². The van der Waals surface area contributed by atoms with Gasteiger partial charge in [-0.2, -0.15) is 5.10 Å². The van der Waals surface area contributed by atoms with Crippen molar-refractivity contribution in [2.75, 3.05) is 27.2 Å². The Morgan fingerprint density at radius 3 is 2.60 bits per heavy atom. The van der Waals surface area contributed by atoms with E-state index in [9.17, 15) is 4.39 Å². The molecule has 0 saturated heterocycles. The van der Waals surface area contributed by atoms with Crippen LogP contribution in [0.2, 0.25) is 0 Å². The molecule has 6 heteroatoms. The molecular formula is C34H52FN5. The molecule has 40 heavy (non-hydrogen) atoms. The average molecular weight is 550 g/mol. The lowest BCUT2D eigenvalue weighted by Gasteiger charge is -2.24. The average Bonchev–Trinajstić information content (AvgIpc) is 3.37. The highest BCUT2D eigenvalue weighted by molar-refractivity contribution is 5.73. The second-order valence-corrected chi connectivity index (χ2v) is 9.23. The van der Waals surface area contributed by atoms with E-state index in [0.29, 0.717) is 16.8 Å². The topological polar surface area (TPSA) is 45.8 Å². The van der Waals surface area contributed by atoms with Gasteiger partial charge in [-0.1, -0.05) is 70.7 Å². The van der Waals surface area contributed by atoms with Crippen LogP contribution in [0.1, 0.15) is 84.5 Å². The van der Waals surface area contributed by atoms with E-state index in [2.05, 4.69) is 66.3 Å². The highest BCUT2D eigenvalue weighted by atomic mass is 19.1. The van der Waals surface area contributed by atoms with Gasteiger partial charge in [-0.3, -0.25) is 4.99 Å². The van der Waals surface area contributed by atoms with Crippen molar-refractivity contribution < 1.29 is 4.39 Å². The zero-order valence-corrected chi connectivity index (χ0v) is 26.2. The van der Waals surface area contributed by atoms with E-state index >= 15 is 0 Å². The Morgan fingerprint density at radius 2 is 2.00 bits per heavy atom. The first-order valence-electron chi connectivity index (χ1n) is 14.3. The summed E-state index contributed by atoms with van der Waals surface area (Å²) in [5.74, 6) is -0.0103. The number of hydrogen-bond acceptors (Lipinski definition) is 4. The molecule has 1 aromatic heterocycles. The van der Waals surface area contributed by atoms with Gasteiger partial charge >= 0.3 is 0 Å². The molecule has 0 amide bonds. The summed E-state index contributed by atoms with van der Waals surface area (Å²) in [6, 6.07) is 2.06. The van der Waals surface area contributed by atoms with Crippen molar-refractivity contribution >= 4 is 18.1 Å². The highest BCUT2D eigenvalue weighted by Gasteiger charge is 2.20. The van der Waals surface area contributed by atoms with E-state index < -0.39 is 0 Å². The zero-order chi connectivity index (χ0) is 30.3. The number of rotatable bonds is 17. The van der Waals surface area contributed by atoms with Gasteiger partial charge in [0.25, 0.3) is 0 Å². The van der Waals surface area contributed by atoms with Crippen LogP contribution in [0.4, 0.5) is 4.39 Å². The molecule has 5 nitrogen and oxygen atoms in total. The first-order valence-corrected chi connectivity index (χ1v) is 14.3. The van der Waals surface area contributed by atoms with Crippen LogP contribution >= 0.6 is 0 Å². The first kappa shape index (κ1) is 36.6. The molecule has 0 bridgehead atoms. The van der Waals surface area contributed by atoms with Crippen LogP contribution in [0.25, 0.3) is 5.57 Å². The Balaban J connectivity index is 0.00000742. The van der Waals surface area contributed by atoms with Gasteiger partial charge in [0.15, 0.2) is 0 Å². The largest absolute Gasteiger partial charge is 0.306 e. The van der Waals surface area contributed by atoms with Crippen LogP contribution in [0.5, 0.6) is 0 Å². The molecule has 1 heterocycles. The second-order valence-electron chi connectivity index (χ2n) is 9.23. The molecule has 0 aliphatic rings. The number of allylic oxidation sites excluding steroid dienone is 11. The molecule has 0 spiro atoms. The lowest BCUT2D eigenvalue weighted by molar-refractivity contribution is 0.297. The fourth-order valence-electron chi connectivity index (χ4n) is 4.16. The van der Waals surface area contributed by atoms with Crippen molar-refractivity contribution in [3.8, 4) is 0 Å². The van der Waals surface area contributed by atoms with Crippen LogP contribution in [-0.2, 0) is 0 Å². The quantitative estimate of drug-likeness (QED) is 0.110. The summed E-state index contributed by atoms with van der Waals surface area (Å²) in [5, 5.41) is 4.77. The van der Waals surface area contributed by atoms with E-state index in [1.165, 1.54) is 11.6 Å². The minimum atomic E-state index is -0.263. The summed E-state index contributed by atoms with van der Waals surface area (Å²) in [6.07, 6.45) is 22.3. The molecule has 1 atom stereocenters. The molecule has 0 aromatic carbocycles. The smallest absolute Gasteiger partial charge is 0.121 e. The first-order chi connectivity index (χ1) is 19.3. The molecule has 1 aromatic rings. The molecule has 0 aliphatic heterocycles. The van der Waals surface area contributed by atoms with Gasteiger partial charge in [0.2, 0.25) is 0 Å². The molecule has 0 saturated carbocycles. The molecule has 0 radical (unpaired) electrons. The number of halogens is 1. The predicted molar refractivity (Wildman–Crippen MR) is 176 cm³/mol. The van der Waals surface area contributed by atoms with E-state index in [1.54, 1.807) is 51.8 Å². The van der Waals surface area contributed by atoms with Gasteiger partial charge < -0.3 is 4.90 Å². The maximum Gasteiger partial charge on any atom is 0.121 e. The Labute approximate surface area is 243 Å². The lowest BCUT2D eigenvalue weighted by Crippen LogP contribution is -2.27. The summed E-state index contributed by atoms with van der Waals surface area (Å²) < 4.78 is 15.9. The summed E-state index contributed by atoms with van der Waals surface area (Å²) in [5.41, 5.74) is 4.25. The van der Waals surface area contributed by atoms with Crippen LogP contribution < -0.4 is 0 Å². The van der Waals surface area contributed by atoms with Crippen LogP contribution in [-0.4, -0.2) is 54.4 Å². The van der Waals surface area contributed by atoms with Crippen molar-refractivity contribution in [1.29, 1.82) is 0 Å². The van der Waals surface area contributed by atoms with Crippen molar-refractivity contribution in [3.63, 3.8) is 0 Å². The van der Waals surface area contributed by atoms with Gasteiger partial charge in [0, 0.05) is 31.9 Å². The minimum absolute atomic E-state index is 0.253. The number of nitrogens with zero attached hydrogens (tertiary/aromatic N) is 5. The second kappa shape index (κ2) is 22.4. The predicted octanol–water partition coefficient (Wildman–Crippen LogP) is 9.12. The Kier molecular flexibility index (Phi) is 20.5. The Hall–Kier alpha value is -3.38. The lowest BCUT2D eigenvalue weighted by atomic mass is 9.97. The monoisotopic (exact) mass is 549 g/mol. The van der Waals surface area contributed by atoms with Crippen molar-refractivity contribution in [3.05, 3.63) is 96.3 Å². The Morgan fingerprint density at radius 1 is 1.27 bits per heavy atom. The number of aromatic nitrogens is 2. The summed E-state index contributed by atoms with van der Waals surface area (Å²) in [6.45, 7) is 21.5. The van der Waals surface area contributed by atoms with Crippen molar-refractivity contribution in [2.24, 2.45) is 9.98 Å². The van der Waals surface area contributed by atoms with Crippen LogP contribution in [0, 0.1) is 0 Å². The molecular weight excluding hydrogens is 497 g/mol. The normalized spacial score (nSPS) is 14.1. The van der Waals surface area contributed by atoms with Gasteiger partial charge in [0.1, 0.15) is 12.2 Å². The fourth-order valence-corrected chi connectivity index (χ4v) is 4.16. The highest BCUT2D eigenvalue weighted by Crippen LogP contribution is 2.27. The SMILES string of the molecule is C=C/C=C(\C=C/C)CCCN(C)CC(CCC)c1cc(C(=C)/C=C(C)\C(F)=C/C)nn1C=N/C=C\C=NC.CC. The van der Waals surface area contributed by atoms with Crippen molar-refractivity contribution in [1.82, 2.24) is 14.7 Å². The minimum Gasteiger partial charge on any atom is -0.306 e. The standard InChI is InChI=1S/C32H46FN5.C2H6/c1-9-15-28(16-10-2)18-13-21-37(8)24-29(17-11-3)32-23-31(27(6)22-26(5)30(33)12-4)36-38(32)25-35-20-14-19-34-7;1-2/h9-10,12,14-16,19-20,22-23,25,29H,1,6,11,13,17-18,21,24H2,2-5,7-8H3;1-2H3/b16-10-,20-14-,26-22-,28-15+,30-12+,34-19?,35-25?;. The third-order valence-electron chi connectivity index (χ3n) is 6.00. The molecule has 0 fully saturated rings. The van der Waals surface area contributed by atoms with E-state index in [1.807, 2.05) is 31.5 Å². The summed E-state index contributed by atoms with van der Waals surface area (Å²) in [4.78, 5) is 10.7. The molecule has 1 unspecified atom stereocenters. The molecule has 0 aliphatic carbocycles. The Bertz CT molecular complexity index is 1100. The molecule has 0 N–H and O–H groups in total. The zero-order valence-electron chi connectivity index (χ0n) is 26.2. The number of aliphatic imine (C=N–C) groups is 2. The van der Waals surface area contributed by atoms with Gasteiger partial charge in [-0.15, -0.1) is 0 Å².